The average Bonchev–Trinajstić information content (AvgIpc) is 2.86. The average molecular weight is 549 g/mol. The van der Waals surface area contributed by atoms with Crippen LogP contribution in [0.3, 0.4) is 0 Å². The van der Waals surface area contributed by atoms with Gasteiger partial charge >= 0.3 is 6.18 Å². The van der Waals surface area contributed by atoms with Crippen molar-refractivity contribution in [3.63, 3.8) is 0 Å². The van der Waals surface area contributed by atoms with Gasteiger partial charge in [0.05, 0.1) is 11.3 Å². The molecular formula is C27H29F3N4O3S. The first kappa shape index (κ1) is 24.8. The topological polar surface area (TPSA) is 92.3 Å². The Morgan fingerprint density at radius 2 is 1.87 bits per heavy atom. The van der Waals surface area contributed by atoms with Gasteiger partial charge in [0.1, 0.15) is 17.4 Å². The van der Waals surface area contributed by atoms with Crippen molar-refractivity contribution in [1.82, 2.24) is 9.97 Å². The van der Waals surface area contributed by atoms with E-state index in [1.807, 2.05) is 4.90 Å². The fraction of sp³-hybridized carbons (Fsp3) is 0.370. The summed E-state index contributed by atoms with van der Waals surface area (Å²) in [5.74, 6) is 0.00484. The molecule has 0 unspecified atom stereocenters. The van der Waals surface area contributed by atoms with Gasteiger partial charge in [0.25, 0.3) is 10.0 Å². The minimum absolute atomic E-state index is 0.0151. The number of halogens is 3. The van der Waals surface area contributed by atoms with E-state index in [2.05, 4.69) is 14.7 Å². The number of nitrogens with one attached hydrogen (secondary N) is 1. The van der Waals surface area contributed by atoms with Crippen LogP contribution in [0.1, 0.15) is 52.8 Å². The zero-order valence-corrected chi connectivity index (χ0v) is 21.6. The zero-order valence-electron chi connectivity index (χ0n) is 22.8. The Morgan fingerprint density at radius 1 is 1.08 bits per heavy atom. The SMILES string of the molecule is [2H]C1([2H])CCCN(CCCC(C)=O)c2cccc(n2)S(=O)(=O)Nc2ccc(C(F)(F)F)c(n2)-c2ccccc2C1. The number of benzene rings is 1. The number of fused-ring (bicyclic) bond motifs is 6. The highest BCUT2D eigenvalue weighted by molar-refractivity contribution is 7.92. The Kier molecular flexibility index (Phi) is 7.52. The maximum absolute atomic E-state index is 14.0. The summed E-state index contributed by atoms with van der Waals surface area (Å²) in [6.45, 7) is 2.22. The highest BCUT2D eigenvalue weighted by atomic mass is 32.2. The van der Waals surface area contributed by atoms with E-state index in [-0.39, 0.29) is 35.0 Å². The van der Waals surface area contributed by atoms with Crippen LogP contribution in [0, 0.1) is 0 Å². The zero-order chi connectivity index (χ0) is 29.1. The molecule has 0 atom stereocenters. The molecule has 1 aliphatic rings. The van der Waals surface area contributed by atoms with Crippen LogP contribution in [0.25, 0.3) is 11.3 Å². The van der Waals surface area contributed by atoms with E-state index in [0.717, 1.165) is 12.1 Å². The number of Topliss-reactive ketones (excluding diaryl/α,β-unsaturated/α-hetero) is 1. The van der Waals surface area contributed by atoms with Crippen molar-refractivity contribution >= 4 is 27.4 Å². The second-order valence-corrected chi connectivity index (χ2v) is 10.6. The van der Waals surface area contributed by atoms with E-state index in [1.54, 1.807) is 18.2 Å². The van der Waals surface area contributed by atoms with Crippen molar-refractivity contribution in [3.05, 3.63) is 65.7 Å². The van der Waals surface area contributed by atoms with Crippen molar-refractivity contribution < 1.29 is 29.1 Å². The van der Waals surface area contributed by atoms with Crippen molar-refractivity contribution in [3.8, 4) is 11.3 Å². The number of aryl methyl sites for hydroxylation is 1. The molecule has 0 saturated heterocycles. The number of anilines is 2. The molecule has 0 fully saturated rings. The second-order valence-electron chi connectivity index (χ2n) is 9.01. The molecule has 202 valence electrons. The summed E-state index contributed by atoms with van der Waals surface area (Å²) in [5.41, 5.74) is -1.17. The number of aromatic nitrogens is 2. The van der Waals surface area contributed by atoms with E-state index in [0.29, 0.717) is 43.7 Å². The molecule has 0 spiro atoms. The normalized spacial score (nSPS) is 17.9. The minimum atomic E-state index is -4.78. The Labute approximate surface area is 223 Å². The van der Waals surface area contributed by atoms with Gasteiger partial charge in [-0.05, 0) is 62.4 Å². The molecule has 0 saturated carbocycles. The molecule has 4 bridgehead atoms. The first-order chi connectivity index (χ1) is 18.7. The molecule has 2 aromatic heterocycles. The summed E-state index contributed by atoms with van der Waals surface area (Å²) in [7, 11) is -4.33. The van der Waals surface area contributed by atoms with Crippen LogP contribution in [0.15, 0.2) is 59.6 Å². The van der Waals surface area contributed by atoms with Crippen LogP contribution in [0.4, 0.5) is 24.8 Å². The molecule has 0 radical (unpaired) electrons. The standard InChI is InChI=1S/C27H29F3N4O3S/c1-19(35)9-8-18-34-17-6-2-3-10-20-11-4-5-12-21(20)26-22(27(28,29)30)15-16-23(31-26)33-38(36,37)25-14-7-13-24(34)32-25/h4-5,7,11-16H,2-3,6,8-10,17-18H2,1H3,(H,31,33)/i3D2. The number of hydrogen-bond donors (Lipinski definition) is 1. The summed E-state index contributed by atoms with van der Waals surface area (Å²) in [4.78, 5) is 21.6. The lowest BCUT2D eigenvalue weighted by Crippen LogP contribution is -2.28. The molecule has 0 amide bonds. The Bertz CT molecular complexity index is 1500. The molecule has 0 aliphatic carbocycles. The number of sulfonamides is 1. The third-order valence-corrected chi connectivity index (χ3v) is 7.33. The maximum Gasteiger partial charge on any atom is 0.418 e. The van der Waals surface area contributed by atoms with Gasteiger partial charge in [-0.25, -0.2) is 9.97 Å². The number of carbonyl (C=O) groups excluding carboxylic acids is 1. The van der Waals surface area contributed by atoms with Gasteiger partial charge in [-0.15, -0.1) is 0 Å². The quantitative estimate of drug-likeness (QED) is 0.439. The third-order valence-electron chi connectivity index (χ3n) is 6.07. The first-order valence-electron chi connectivity index (χ1n) is 13.2. The van der Waals surface area contributed by atoms with Crippen LogP contribution in [0.5, 0.6) is 0 Å². The van der Waals surface area contributed by atoms with E-state index < -0.39 is 33.8 Å². The molecule has 4 rings (SSSR count). The molecule has 1 aromatic carbocycles. The number of pyridine rings is 2. The van der Waals surface area contributed by atoms with Gasteiger partial charge < -0.3 is 9.69 Å². The highest BCUT2D eigenvalue weighted by Gasteiger charge is 2.35. The largest absolute Gasteiger partial charge is 0.418 e. The van der Waals surface area contributed by atoms with Gasteiger partial charge in [0.2, 0.25) is 0 Å². The lowest BCUT2D eigenvalue weighted by atomic mass is 9.96. The monoisotopic (exact) mass is 548 g/mol. The van der Waals surface area contributed by atoms with Crippen molar-refractivity contribution in [2.45, 2.75) is 56.6 Å². The Hall–Kier alpha value is -3.47. The summed E-state index contributed by atoms with van der Waals surface area (Å²) in [6, 6.07) is 12.2. The molecule has 1 aliphatic heterocycles. The number of ketones is 1. The Morgan fingerprint density at radius 3 is 2.63 bits per heavy atom. The van der Waals surface area contributed by atoms with E-state index in [1.165, 1.54) is 31.2 Å². The number of nitrogens with zero attached hydrogens (tertiary/aromatic N) is 3. The third kappa shape index (κ3) is 6.69. The van der Waals surface area contributed by atoms with Crippen LogP contribution in [-0.4, -0.2) is 37.3 Å². The highest BCUT2D eigenvalue weighted by Crippen LogP contribution is 2.38. The predicted molar refractivity (Wildman–Crippen MR) is 139 cm³/mol. The fourth-order valence-electron chi connectivity index (χ4n) is 4.25. The lowest BCUT2D eigenvalue weighted by Gasteiger charge is -2.24. The maximum atomic E-state index is 14.0. The summed E-state index contributed by atoms with van der Waals surface area (Å²) in [5, 5.41) is -0.354. The second kappa shape index (κ2) is 11.5. The van der Waals surface area contributed by atoms with Crippen molar-refractivity contribution in [2.24, 2.45) is 0 Å². The molecule has 1 N–H and O–H groups in total. The van der Waals surface area contributed by atoms with Crippen LogP contribution in [0.2, 0.25) is 0 Å². The molecular weight excluding hydrogens is 517 g/mol. The van der Waals surface area contributed by atoms with Crippen molar-refractivity contribution in [1.29, 1.82) is 0 Å². The molecule has 7 nitrogen and oxygen atoms in total. The molecule has 3 heterocycles. The van der Waals surface area contributed by atoms with Gasteiger partial charge in [0, 0.05) is 27.8 Å². The number of rotatable bonds is 4. The van der Waals surface area contributed by atoms with E-state index >= 15 is 0 Å². The Balaban J connectivity index is 1.84. The summed E-state index contributed by atoms with van der Waals surface area (Å²) in [6.07, 6.45) is -5.44. The van der Waals surface area contributed by atoms with Gasteiger partial charge in [-0.2, -0.15) is 21.6 Å². The van der Waals surface area contributed by atoms with E-state index in [9.17, 15) is 26.4 Å². The summed E-state index contributed by atoms with van der Waals surface area (Å²) >= 11 is 0. The number of hydrogen-bond acceptors (Lipinski definition) is 6. The van der Waals surface area contributed by atoms with Crippen LogP contribution in [-0.2, 0) is 27.4 Å². The van der Waals surface area contributed by atoms with Crippen molar-refractivity contribution in [2.75, 3.05) is 22.7 Å². The molecule has 11 heteroatoms. The summed E-state index contributed by atoms with van der Waals surface area (Å²) < 4.78 is 88.0. The van der Waals surface area contributed by atoms with Gasteiger partial charge in [-0.3, -0.25) is 4.72 Å². The van der Waals surface area contributed by atoms with Gasteiger partial charge in [0.15, 0.2) is 5.03 Å². The first-order valence-corrected chi connectivity index (χ1v) is 13.6. The molecule has 3 aromatic rings. The predicted octanol–water partition coefficient (Wildman–Crippen LogP) is 5.87. The number of carbonyl (C=O) groups is 1. The fourth-order valence-corrected chi connectivity index (χ4v) is 5.22. The number of alkyl halides is 3. The smallest absolute Gasteiger partial charge is 0.357 e. The van der Waals surface area contributed by atoms with E-state index in [4.69, 9.17) is 2.74 Å². The molecule has 38 heavy (non-hydrogen) atoms. The van der Waals surface area contributed by atoms with Gasteiger partial charge in [-0.1, -0.05) is 36.8 Å². The van der Waals surface area contributed by atoms with Crippen LogP contribution < -0.4 is 9.62 Å². The lowest BCUT2D eigenvalue weighted by molar-refractivity contribution is -0.137. The van der Waals surface area contributed by atoms with Crippen LogP contribution >= 0.6 is 0 Å². The minimum Gasteiger partial charge on any atom is -0.357 e.